The molecule has 1 amide bonds. The Kier molecular flexibility index (Phi) is 7.69. The largest absolute Gasteiger partial charge is 0.494 e. The van der Waals surface area contributed by atoms with Gasteiger partial charge in [0.25, 0.3) is 0 Å². The zero-order chi connectivity index (χ0) is 22.6. The Hall–Kier alpha value is -2.35. The number of aliphatic imine (C=N–C) groups is 1. The van der Waals surface area contributed by atoms with Gasteiger partial charge in [0.1, 0.15) is 29.4 Å². The minimum Gasteiger partial charge on any atom is -0.494 e. The molecule has 2 atom stereocenters. The zero-order valence-electron chi connectivity index (χ0n) is 19.5. The smallest absolute Gasteiger partial charge is 0.215 e. The lowest BCUT2D eigenvalue weighted by Gasteiger charge is -2.47. The van der Waals surface area contributed by atoms with Crippen LogP contribution in [0, 0.1) is 5.41 Å². The van der Waals surface area contributed by atoms with Crippen LogP contribution in [0.3, 0.4) is 0 Å². The number of rotatable bonds is 10. The van der Waals surface area contributed by atoms with Crippen LogP contribution in [0.25, 0.3) is 0 Å². The Morgan fingerprint density at radius 3 is 2.47 bits per heavy atom. The van der Waals surface area contributed by atoms with E-state index >= 15 is 0 Å². The number of amidine groups is 1. The van der Waals surface area contributed by atoms with Crippen LogP contribution in [0.2, 0.25) is 0 Å². The van der Waals surface area contributed by atoms with Crippen molar-refractivity contribution in [1.82, 2.24) is 14.7 Å². The van der Waals surface area contributed by atoms with Crippen LogP contribution in [0.4, 0.5) is 0 Å². The Balaban J connectivity index is 2.86. The molecule has 1 heterocycles. The second kappa shape index (κ2) is 9.64. The first-order chi connectivity index (χ1) is 14.1. The average Bonchev–Trinajstić information content (AvgIpc) is 3.17. The van der Waals surface area contributed by atoms with E-state index in [4.69, 9.17) is 14.5 Å². The van der Waals surface area contributed by atoms with Gasteiger partial charge in [-0.2, -0.15) is 0 Å². The number of likely N-dealkylation sites (N-methyl/N-ethyl adjacent to an activating group) is 2. The number of hydrogen-bond donors (Lipinski definition) is 0. The van der Waals surface area contributed by atoms with Crippen LogP contribution in [0.1, 0.15) is 34.6 Å². The number of ether oxygens (including phenoxy) is 2. The summed E-state index contributed by atoms with van der Waals surface area (Å²) in [4.78, 5) is 33.7. The van der Waals surface area contributed by atoms with Gasteiger partial charge >= 0.3 is 0 Å². The van der Waals surface area contributed by atoms with Crippen LogP contribution in [-0.4, -0.2) is 92.3 Å². The van der Waals surface area contributed by atoms with Crippen molar-refractivity contribution >= 4 is 18.5 Å². The number of nitrogens with zero attached hydrogens (tertiary/aromatic N) is 4. The van der Waals surface area contributed by atoms with E-state index in [1.54, 1.807) is 12.0 Å². The third kappa shape index (κ3) is 4.24. The minimum absolute atomic E-state index is 0.0817. The van der Waals surface area contributed by atoms with Gasteiger partial charge in [-0.3, -0.25) is 9.79 Å². The number of methoxy groups -OCH3 is 1. The third-order valence-electron chi connectivity index (χ3n) is 5.73. The third-order valence-corrected chi connectivity index (χ3v) is 5.73. The predicted molar refractivity (Wildman–Crippen MR) is 117 cm³/mol. The first kappa shape index (κ1) is 23.9. The standard InChI is InChI=1S/C22H36N4O4/c1-15(2)25(7)19-17(29-8)13-18(30-16(3)4)22(5,20(19)24(6)11-12-27)21-23-9-10-26(21)14-28/h12-17H,9-11H2,1-8H3. The summed E-state index contributed by atoms with van der Waals surface area (Å²) in [5.41, 5.74) is 0.923. The Morgan fingerprint density at radius 2 is 1.97 bits per heavy atom. The molecule has 0 saturated carbocycles. The highest BCUT2D eigenvalue weighted by molar-refractivity contribution is 6.00. The van der Waals surface area contributed by atoms with Crippen molar-refractivity contribution in [2.75, 3.05) is 40.8 Å². The molecule has 0 aromatic rings. The fourth-order valence-electron chi connectivity index (χ4n) is 4.13. The monoisotopic (exact) mass is 420 g/mol. The molecule has 0 aromatic carbocycles. The highest BCUT2D eigenvalue weighted by Crippen LogP contribution is 2.47. The molecule has 1 aliphatic heterocycles. The zero-order valence-corrected chi connectivity index (χ0v) is 19.5. The molecule has 30 heavy (non-hydrogen) atoms. The number of carbonyl (C=O) groups excluding carboxylic acids is 2. The lowest BCUT2D eigenvalue weighted by atomic mass is 9.75. The van der Waals surface area contributed by atoms with Crippen LogP contribution >= 0.6 is 0 Å². The van der Waals surface area contributed by atoms with E-state index in [0.717, 1.165) is 24.1 Å². The summed E-state index contributed by atoms with van der Waals surface area (Å²) >= 11 is 0. The molecule has 2 rings (SSSR count). The predicted octanol–water partition coefficient (Wildman–Crippen LogP) is 1.88. The van der Waals surface area contributed by atoms with E-state index in [1.165, 1.54) is 0 Å². The highest BCUT2D eigenvalue weighted by Gasteiger charge is 2.51. The van der Waals surface area contributed by atoms with Crippen LogP contribution in [0.5, 0.6) is 0 Å². The Morgan fingerprint density at radius 1 is 1.30 bits per heavy atom. The molecule has 0 fully saturated rings. The minimum atomic E-state index is -0.854. The summed E-state index contributed by atoms with van der Waals surface area (Å²) in [5, 5.41) is 0. The van der Waals surface area contributed by atoms with Gasteiger partial charge in [-0.05, 0) is 40.7 Å². The molecule has 0 radical (unpaired) electrons. The quantitative estimate of drug-likeness (QED) is 0.503. The molecule has 0 N–H and O–H groups in total. The Bertz CT molecular complexity index is 743. The van der Waals surface area contributed by atoms with E-state index in [1.807, 2.05) is 45.8 Å². The topological polar surface area (TPSA) is 74.7 Å². The van der Waals surface area contributed by atoms with E-state index in [-0.39, 0.29) is 24.8 Å². The first-order valence-corrected chi connectivity index (χ1v) is 10.4. The van der Waals surface area contributed by atoms with E-state index in [0.29, 0.717) is 24.7 Å². The second-order valence-electron chi connectivity index (χ2n) is 8.47. The molecule has 0 spiro atoms. The maximum atomic E-state index is 11.8. The maximum absolute atomic E-state index is 11.8. The molecule has 1 aliphatic carbocycles. The summed E-state index contributed by atoms with van der Waals surface area (Å²) in [7, 11) is 5.55. The summed E-state index contributed by atoms with van der Waals surface area (Å²) in [6, 6.07) is 0.190. The molecule has 2 aliphatic rings. The molecule has 2 unspecified atom stereocenters. The molecule has 8 heteroatoms. The van der Waals surface area contributed by atoms with Crippen LogP contribution in [-0.2, 0) is 19.1 Å². The number of carbonyl (C=O) groups is 2. The molecule has 0 bridgehead atoms. The fourth-order valence-corrected chi connectivity index (χ4v) is 4.13. The second-order valence-corrected chi connectivity index (χ2v) is 8.47. The van der Waals surface area contributed by atoms with E-state index < -0.39 is 5.41 Å². The molecular weight excluding hydrogens is 384 g/mol. The van der Waals surface area contributed by atoms with Gasteiger partial charge in [-0.25, -0.2) is 0 Å². The van der Waals surface area contributed by atoms with Crippen molar-refractivity contribution in [3.63, 3.8) is 0 Å². The number of amides is 1. The maximum Gasteiger partial charge on any atom is 0.215 e. The number of aldehydes is 1. The van der Waals surface area contributed by atoms with Gasteiger partial charge in [-0.1, -0.05) is 0 Å². The van der Waals surface area contributed by atoms with Crippen molar-refractivity contribution in [1.29, 1.82) is 0 Å². The number of hydrogen-bond acceptors (Lipinski definition) is 7. The van der Waals surface area contributed by atoms with E-state index in [9.17, 15) is 9.59 Å². The average molecular weight is 421 g/mol. The summed E-state index contributed by atoms with van der Waals surface area (Å²) < 4.78 is 12.1. The van der Waals surface area contributed by atoms with Gasteiger partial charge in [0.05, 0.1) is 30.6 Å². The van der Waals surface area contributed by atoms with Crippen molar-refractivity contribution in [3.05, 3.63) is 23.2 Å². The van der Waals surface area contributed by atoms with E-state index in [2.05, 4.69) is 18.7 Å². The van der Waals surface area contributed by atoms with Gasteiger partial charge in [-0.15, -0.1) is 0 Å². The van der Waals surface area contributed by atoms with Crippen molar-refractivity contribution in [2.24, 2.45) is 10.4 Å². The van der Waals surface area contributed by atoms with Crippen molar-refractivity contribution in [3.8, 4) is 0 Å². The normalized spacial score (nSPS) is 24.2. The van der Waals surface area contributed by atoms with Crippen LogP contribution < -0.4 is 0 Å². The molecule has 0 saturated heterocycles. The summed E-state index contributed by atoms with van der Waals surface area (Å²) in [5.74, 6) is 1.30. The van der Waals surface area contributed by atoms with Crippen LogP contribution in [0.15, 0.2) is 28.2 Å². The molecular formula is C22H36N4O4. The molecule has 8 nitrogen and oxygen atoms in total. The lowest BCUT2D eigenvalue weighted by Crippen LogP contribution is -2.52. The highest BCUT2D eigenvalue weighted by atomic mass is 16.5. The van der Waals surface area contributed by atoms with Crippen molar-refractivity contribution < 1.29 is 19.1 Å². The molecule has 0 aromatic heterocycles. The SMILES string of the molecule is COC1C=C(OC(C)C)C(C)(C2=NCCN2C=O)C(N(C)CC=O)=C1N(C)C(C)C. The summed E-state index contributed by atoms with van der Waals surface area (Å²) in [6.07, 6.45) is 3.21. The van der Waals surface area contributed by atoms with Gasteiger partial charge in [0.2, 0.25) is 6.41 Å². The van der Waals surface area contributed by atoms with Crippen molar-refractivity contribution in [2.45, 2.75) is 52.9 Å². The fraction of sp³-hybridized carbons (Fsp3) is 0.682. The molecule has 168 valence electrons. The van der Waals surface area contributed by atoms with Gasteiger partial charge in [0, 0.05) is 33.8 Å². The Labute approximate surface area is 180 Å². The lowest BCUT2D eigenvalue weighted by molar-refractivity contribution is -0.115. The van der Waals surface area contributed by atoms with Gasteiger partial charge < -0.3 is 29.0 Å². The summed E-state index contributed by atoms with van der Waals surface area (Å²) in [6.45, 7) is 11.4. The first-order valence-electron chi connectivity index (χ1n) is 10.4. The van der Waals surface area contributed by atoms with Gasteiger partial charge in [0.15, 0.2) is 0 Å².